The highest BCUT2D eigenvalue weighted by Gasteiger charge is 2.47. The van der Waals surface area contributed by atoms with E-state index >= 15 is 0 Å². The van der Waals surface area contributed by atoms with E-state index in [2.05, 4.69) is 21.6 Å². The first-order valence-electron chi connectivity index (χ1n) is 9.27. The van der Waals surface area contributed by atoms with Gasteiger partial charge in [-0.1, -0.05) is 92.2 Å². The van der Waals surface area contributed by atoms with Gasteiger partial charge in [-0.05, 0) is 31.1 Å². The highest BCUT2D eigenvalue weighted by atomic mass is 33.1. The maximum Gasteiger partial charge on any atom is 0.0193 e. The van der Waals surface area contributed by atoms with E-state index in [0.717, 1.165) is 22.3 Å². The molecule has 2 heteroatoms. The van der Waals surface area contributed by atoms with Crippen LogP contribution in [-0.2, 0) is 0 Å². The smallest absolute Gasteiger partial charge is 0.0193 e. The third-order valence-electron chi connectivity index (χ3n) is 5.85. The highest BCUT2D eigenvalue weighted by molar-refractivity contribution is 8.77. The summed E-state index contributed by atoms with van der Waals surface area (Å²) in [6.07, 6.45) is 21.3. The lowest BCUT2D eigenvalue weighted by Crippen LogP contribution is -2.22. The van der Waals surface area contributed by atoms with Crippen molar-refractivity contribution >= 4 is 21.6 Å². The van der Waals surface area contributed by atoms with E-state index < -0.39 is 0 Å². The molecule has 4 unspecified atom stereocenters. The first-order valence-corrected chi connectivity index (χ1v) is 11.5. The molecule has 0 aromatic heterocycles. The summed E-state index contributed by atoms with van der Waals surface area (Å²) >= 11 is 0. The van der Waals surface area contributed by atoms with E-state index in [-0.39, 0.29) is 0 Å². The van der Waals surface area contributed by atoms with E-state index in [1.54, 1.807) is 19.3 Å². The van der Waals surface area contributed by atoms with Gasteiger partial charge >= 0.3 is 0 Å². The fourth-order valence-corrected chi connectivity index (χ4v) is 8.77. The Kier molecular flexibility index (Phi) is 6.52. The van der Waals surface area contributed by atoms with E-state index in [1.807, 2.05) is 0 Å². The molecular formula is C18H32S2. The van der Waals surface area contributed by atoms with Gasteiger partial charge in [-0.3, -0.25) is 0 Å². The largest absolute Gasteiger partial charge is 0.0901 e. The molecule has 0 spiro atoms. The average Bonchev–Trinajstić information content (AvgIpc) is 3.04. The third-order valence-corrected chi connectivity index (χ3v) is 9.35. The Morgan fingerprint density at radius 2 is 0.800 bits per heavy atom. The van der Waals surface area contributed by atoms with Gasteiger partial charge in [0.1, 0.15) is 0 Å². The second-order valence-electron chi connectivity index (χ2n) is 7.30. The van der Waals surface area contributed by atoms with Gasteiger partial charge in [0.15, 0.2) is 0 Å². The average molecular weight is 313 g/mol. The van der Waals surface area contributed by atoms with Gasteiger partial charge in [-0.2, -0.15) is 0 Å². The number of hydrogen-bond acceptors (Lipinski definition) is 2. The van der Waals surface area contributed by atoms with Crippen LogP contribution in [0.5, 0.6) is 0 Å². The Morgan fingerprint density at radius 3 is 1.20 bits per heavy atom. The lowest BCUT2D eigenvalue weighted by atomic mass is 9.86. The van der Waals surface area contributed by atoms with Gasteiger partial charge in [0.2, 0.25) is 0 Å². The topological polar surface area (TPSA) is 0 Å². The molecule has 0 nitrogen and oxygen atoms in total. The summed E-state index contributed by atoms with van der Waals surface area (Å²) in [4.78, 5) is 0. The summed E-state index contributed by atoms with van der Waals surface area (Å²) in [5, 5.41) is 2.07. The lowest BCUT2D eigenvalue weighted by Gasteiger charge is -2.30. The normalized spacial score (nSPS) is 40.8. The summed E-state index contributed by atoms with van der Waals surface area (Å²) in [6.45, 7) is 0. The molecule has 20 heavy (non-hydrogen) atoms. The molecule has 1 saturated heterocycles. The van der Waals surface area contributed by atoms with Gasteiger partial charge in [0, 0.05) is 10.5 Å². The molecule has 0 amide bonds. The molecule has 0 aromatic rings. The zero-order valence-corrected chi connectivity index (χ0v) is 14.7. The maximum absolute atomic E-state index is 2.24. The number of hydrogen-bond donors (Lipinski definition) is 0. The van der Waals surface area contributed by atoms with Crippen LogP contribution in [0.4, 0.5) is 0 Å². The van der Waals surface area contributed by atoms with Crippen LogP contribution in [0.25, 0.3) is 0 Å². The quantitative estimate of drug-likeness (QED) is 0.449. The second kappa shape index (κ2) is 8.36. The van der Waals surface area contributed by atoms with Crippen LogP contribution in [0.15, 0.2) is 0 Å². The van der Waals surface area contributed by atoms with Crippen LogP contribution >= 0.6 is 21.6 Å². The van der Waals surface area contributed by atoms with Crippen LogP contribution in [-0.4, -0.2) is 10.5 Å². The fraction of sp³-hybridized carbons (Fsp3) is 1.00. The summed E-state index contributed by atoms with van der Waals surface area (Å²) in [5.74, 6) is 2.19. The van der Waals surface area contributed by atoms with Crippen LogP contribution in [0.2, 0.25) is 0 Å². The summed E-state index contributed by atoms with van der Waals surface area (Å²) < 4.78 is 0. The molecule has 0 radical (unpaired) electrons. The first-order chi connectivity index (χ1) is 9.95. The first kappa shape index (κ1) is 15.6. The van der Waals surface area contributed by atoms with Crippen molar-refractivity contribution in [2.24, 2.45) is 11.8 Å². The van der Waals surface area contributed by atoms with Crippen molar-refractivity contribution in [3.63, 3.8) is 0 Å². The van der Waals surface area contributed by atoms with E-state index in [0.29, 0.717) is 0 Å². The van der Waals surface area contributed by atoms with Crippen molar-refractivity contribution in [3.05, 3.63) is 0 Å². The predicted octanol–water partition coefficient (Wildman–Crippen LogP) is 6.84. The second-order valence-corrected chi connectivity index (χ2v) is 10.0. The minimum Gasteiger partial charge on any atom is -0.0901 e. The van der Waals surface area contributed by atoms with Gasteiger partial charge < -0.3 is 0 Å². The van der Waals surface area contributed by atoms with Crippen LogP contribution in [0.3, 0.4) is 0 Å². The Morgan fingerprint density at radius 1 is 0.450 bits per heavy atom. The summed E-state index contributed by atoms with van der Waals surface area (Å²) in [6, 6.07) is 0. The van der Waals surface area contributed by atoms with Gasteiger partial charge in [0.05, 0.1) is 0 Å². The SMILES string of the molecule is C1CCCCCCC2C3CC(SS3)C2CCCCCC1. The molecule has 2 bridgehead atoms. The molecule has 116 valence electrons. The van der Waals surface area contributed by atoms with Crippen molar-refractivity contribution < 1.29 is 0 Å². The Bertz CT molecular complexity index is 253. The number of fused-ring (bicyclic) bond motifs is 5. The Balaban J connectivity index is 1.50. The molecule has 2 aliphatic carbocycles. The van der Waals surface area contributed by atoms with Crippen LogP contribution in [0.1, 0.15) is 89.9 Å². The van der Waals surface area contributed by atoms with Gasteiger partial charge in [-0.15, -0.1) is 0 Å². The zero-order valence-electron chi connectivity index (χ0n) is 13.0. The molecule has 3 rings (SSSR count). The van der Waals surface area contributed by atoms with Crippen molar-refractivity contribution in [2.75, 3.05) is 0 Å². The van der Waals surface area contributed by atoms with Crippen molar-refractivity contribution in [3.8, 4) is 0 Å². The minimum atomic E-state index is 1.03. The standard InChI is InChI=1S/C18H32S2/c1-2-4-6-8-10-12-15-16(13-11-9-7-5-3-1)18-14-17(15)19-20-18/h15-18H,1-14H2. The maximum atomic E-state index is 2.24. The Labute approximate surface area is 134 Å². The molecule has 3 fully saturated rings. The van der Waals surface area contributed by atoms with Crippen molar-refractivity contribution in [1.29, 1.82) is 0 Å². The minimum absolute atomic E-state index is 1.03. The molecule has 0 aromatic carbocycles. The molecule has 1 aliphatic heterocycles. The number of rotatable bonds is 0. The highest BCUT2D eigenvalue weighted by Crippen LogP contribution is 2.60. The fourth-order valence-electron chi connectivity index (χ4n) is 4.64. The van der Waals surface area contributed by atoms with E-state index in [4.69, 9.17) is 0 Å². The Hall–Kier alpha value is 0.700. The van der Waals surface area contributed by atoms with E-state index in [9.17, 15) is 0 Å². The van der Waals surface area contributed by atoms with Crippen molar-refractivity contribution in [2.45, 2.75) is 100 Å². The van der Waals surface area contributed by atoms with Gasteiger partial charge in [-0.25, -0.2) is 0 Å². The zero-order chi connectivity index (χ0) is 13.6. The molecule has 1 heterocycles. The van der Waals surface area contributed by atoms with Crippen molar-refractivity contribution in [1.82, 2.24) is 0 Å². The summed E-state index contributed by atoms with van der Waals surface area (Å²) in [5.41, 5.74) is 0. The van der Waals surface area contributed by atoms with Crippen LogP contribution in [0, 0.1) is 11.8 Å². The van der Waals surface area contributed by atoms with Crippen LogP contribution < -0.4 is 0 Å². The van der Waals surface area contributed by atoms with E-state index in [1.165, 1.54) is 70.6 Å². The summed E-state index contributed by atoms with van der Waals surface area (Å²) in [7, 11) is 4.49. The molecule has 2 saturated carbocycles. The monoisotopic (exact) mass is 312 g/mol. The molecule has 3 aliphatic rings. The lowest BCUT2D eigenvalue weighted by molar-refractivity contribution is 0.330. The molecular weight excluding hydrogens is 280 g/mol. The predicted molar refractivity (Wildman–Crippen MR) is 94.4 cm³/mol. The third kappa shape index (κ3) is 4.12. The molecule has 0 N–H and O–H groups in total. The molecule has 4 atom stereocenters. The van der Waals surface area contributed by atoms with Gasteiger partial charge in [0.25, 0.3) is 0 Å².